The Kier molecular flexibility index (Phi) is 4.75. The number of pyridine rings is 1. The predicted molar refractivity (Wildman–Crippen MR) is 111 cm³/mol. The number of carbonyl (C=O) groups excluding carboxylic acids is 1. The summed E-state index contributed by atoms with van der Waals surface area (Å²) in [4.78, 5) is 22.0. The lowest BCUT2D eigenvalue weighted by Crippen LogP contribution is -2.48. The summed E-state index contributed by atoms with van der Waals surface area (Å²) in [5, 5.41) is 1.67. The fourth-order valence-electron chi connectivity index (χ4n) is 3.64. The minimum atomic E-state index is 0.0897. The van der Waals surface area contributed by atoms with E-state index in [1.165, 1.54) is 0 Å². The Labute approximate surface area is 164 Å². The van der Waals surface area contributed by atoms with Gasteiger partial charge in [-0.2, -0.15) is 0 Å². The van der Waals surface area contributed by atoms with Gasteiger partial charge in [0.1, 0.15) is 0 Å². The molecule has 138 valence electrons. The smallest absolute Gasteiger partial charge is 0.254 e. The number of nitrogens with zero attached hydrogens (tertiary/aromatic N) is 3. The fourth-order valence-corrected chi connectivity index (χ4v) is 3.76. The van der Waals surface area contributed by atoms with Crippen LogP contribution in [-0.4, -0.2) is 42.0 Å². The molecule has 1 aliphatic heterocycles. The van der Waals surface area contributed by atoms with E-state index in [2.05, 4.69) is 16.0 Å². The molecule has 0 spiro atoms. The molecule has 1 aromatic heterocycles. The molecule has 1 aliphatic rings. The lowest BCUT2D eigenvalue weighted by Gasteiger charge is -2.36. The molecule has 27 heavy (non-hydrogen) atoms. The van der Waals surface area contributed by atoms with Crippen LogP contribution in [0, 0.1) is 13.8 Å². The molecule has 0 bridgehead atoms. The number of carbonyl (C=O) groups is 1. The van der Waals surface area contributed by atoms with Crippen molar-refractivity contribution in [1.82, 2.24) is 9.88 Å². The Morgan fingerprint density at radius 3 is 2.37 bits per heavy atom. The van der Waals surface area contributed by atoms with Crippen LogP contribution in [0.4, 0.5) is 5.69 Å². The summed E-state index contributed by atoms with van der Waals surface area (Å²) in [5.74, 6) is 0.0897. The lowest BCUT2D eigenvalue weighted by atomic mass is 10.0. The SMILES string of the molecule is Cc1ccc2nc(C)cc(C(=O)N3CCN(c4ccc(Cl)cc4)CC3)c2c1. The van der Waals surface area contributed by atoms with Gasteiger partial charge in [-0.05, 0) is 56.3 Å². The van der Waals surface area contributed by atoms with Gasteiger partial charge < -0.3 is 9.80 Å². The average Bonchev–Trinajstić information content (AvgIpc) is 2.68. The Balaban J connectivity index is 1.55. The number of hydrogen-bond donors (Lipinski definition) is 0. The summed E-state index contributed by atoms with van der Waals surface area (Å²) >= 11 is 5.98. The van der Waals surface area contributed by atoms with E-state index in [1.807, 2.05) is 61.2 Å². The topological polar surface area (TPSA) is 36.4 Å². The minimum Gasteiger partial charge on any atom is -0.368 e. The number of anilines is 1. The van der Waals surface area contributed by atoms with Gasteiger partial charge in [0.2, 0.25) is 0 Å². The van der Waals surface area contributed by atoms with Gasteiger partial charge in [-0.3, -0.25) is 9.78 Å². The lowest BCUT2D eigenvalue weighted by molar-refractivity contribution is 0.0748. The summed E-state index contributed by atoms with van der Waals surface area (Å²) in [6.45, 7) is 7.02. The third-order valence-corrected chi connectivity index (χ3v) is 5.33. The average molecular weight is 380 g/mol. The third kappa shape index (κ3) is 3.62. The minimum absolute atomic E-state index is 0.0897. The normalized spacial score (nSPS) is 14.6. The molecule has 2 aromatic carbocycles. The molecule has 0 N–H and O–H groups in total. The molecule has 0 aliphatic carbocycles. The molecule has 0 unspecified atom stereocenters. The van der Waals surface area contributed by atoms with Crippen molar-refractivity contribution < 1.29 is 4.79 Å². The maximum Gasteiger partial charge on any atom is 0.254 e. The van der Waals surface area contributed by atoms with Crippen LogP contribution < -0.4 is 4.90 Å². The van der Waals surface area contributed by atoms with Crippen LogP contribution in [0.15, 0.2) is 48.5 Å². The van der Waals surface area contributed by atoms with Crippen molar-refractivity contribution in [2.24, 2.45) is 0 Å². The molecule has 0 radical (unpaired) electrons. The zero-order valence-corrected chi connectivity index (χ0v) is 16.3. The maximum absolute atomic E-state index is 13.2. The van der Waals surface area contributed by atoms with Crippen LogP contribution in [0.2, 0.25) is 5.02 Å². The van der Waals surface area contributed by atoms with Crippen molar-refractivity contribution in [3.05, 3.63) is 70.4 Å². The first-order chi connectivity index (χ1) is 13.0. The van der Waals surface area contributed by atoms with Gasteiger partial charge in [-0.1, -0.05) is 23.2 Å². The van der Waals surface area contributed by atoms with E-state index < -0.39 is 0 Å². The van der Waals surface area contributed by atoms with Gasteiger partial charge in [-0.15, -0.1) is 0 Å². The van der Waals surface area contributed by atoms with Crippen LogP contribution in [0.3, 0.4) is 0 Å². The first-order valence-corrected chi connectivity index (χ1v) is 9.57. The van der Waals surface area contributed by atoms with Crippen LogP contribution in [0.1, 0.15) is 21.6 Å². The summed E-state index contributed by atoms with van der Waals surface area (Å²) in [7, 11) is 0. The Hall–Kier alpha value is -2.59. The van der Waals surface area contributed by atoms with Crippen LogP contribution in [0.25, 0.3) is 10.9 Å². The van der Waals surface area contributed by atoms with Crippen LogP contribution in [-0.2, 0) is 0 Å². The van der Waals surface area contributed by atoms with Gasteiger partial charge in [0.15, 0.2) is 0 Å². The first kappa shape index (κ1) is 17.8. The second-order valence-corrected chi connectivity index (χ2v) is 7.52. The number of amides is 1. The largest absolute Gasteiger partial charge is 0.368 e. The third-order valence-electron chi connectivity index (χ3n) is 5.08. The van der Waals surface area contributed by atoms with Crippen LogP contribution >= 0.6 is 11.6 Å². The van der Waals surface area contributed by atoms with Gasteiger partial charge in [0.05, 0.1) is 11.1 Å². The van der Waals surface area contributed by atoms with E-state index in [-0.39, 0.29) is 5.91 Å². The number of benzene rings is 2. The Morgan fingerprint density at radius 2 is 1.67 bits per heavy atom. The molecule has 1 fully saturated rings. The second-order valence-electron chi connectivity index (χ2n) is 7.09. The molecule has 0 saturated carbocycles. The zero-order valence-electron chi connectivity index (χ0n) is 15.6. The predicted octanol–water partition coefficient (Wildman–Crippen LogP) is 4.47. The highest BCUT2D eigenvalue weighted by Gasteiger charge is 2.24. The first-order valence-electron chi connectivity index (χ1n) is 9.19. The van der Waals surface area contributed by atoms with Crippen LogP contribution in [0.5, 0.6) is 0 Å². The number of aryl methyl sites for hydroxylation is 2. The summed E-state index contributed by atoms with van der Waals surface area (Å²) in [6.07, 6.45) is 0. The number of piperazine rings is 1. The molecule has 1 amide bonds. The van der Waals surface area contributed by atoms with Gasteiger partial charge in [0, 0.05) is 48.0 Å². The molecule has 4 nitrogen and oxygen atoms in total. The summed E-state index contributed by atoms with van der Waals surface area (Å²) in [5.41, 5.74) is 4.78. The zero-order chi connectivity index (χ0) is 19.0. The number of aromatic nitrogens is 1. The van der Waals surface area contributed by atoms with E-state index in [9.17, 15) is 4.79 Å². The quantitative estimate of drug-likeness (QED) is 0.659. The Morgan fingerprint density at radius 1 is 0.963 bits per heavy atom. The van der Waals surface area contributed by atoms with Gasteiger partial charge in [0.25, 0.3) is 5.91 Å². The molecule has 3 aromatic rings. The number of halogens is 1. The Bertz CT molecular complexity index is 992. The van der Waals surface area contributed by atoms with Crippen molar-refractivity contribution in [3.63, 3.8) is 0 Å². The van der Waals surface area contributed by atoms with Crippen molar-refractivity contribution in [2.45, 2.75) is 13.8 Å². The van der Waals surface area contributed by atoms with E-state index in [4.69, 9.17) is 11.6 Å². The van der Waals surface area contributed by atoms with Crippen molar-refractivity contribution in [1.29, 1.82) is 0 Å². The van der Waals surface area contributed by atoms with E-state index in [1.54, 1.807) is 0 Å². The van der Waals surface area contributed by atoms with Crippen molar-refractivity contribution in [3.8, 4) is 0 Å². The summed E-state index contributed by atoms with van der Waals surface area (Å²) < 4.78 is 0. The summed E-state index contributed by atoms with van der Waals surface area (Å²) in [6, 6.07) is 15.9. The highest BCUT2D eigenvalue weighted by molar-refractivity contribution is 6.30. The van der Waals surface area contributed by atoms with Gasteiger partial charge >= 0.3 is 0 Å². The maximum atomic E-state index is 13.2. The van der Waals surface area contributed by atoms with Crippen molar-refractivity contribution in [2.75, 3.05) is 31.1 Å². The monoisotopic (exact) mass is 379 g/mol. The molecule has 5 heteroatoms. The standard InChI is InChI=1S/C22H22ClN3O/c1-15-3-8-21-19(13-15)20(14-16(2)24-21)22(27)26-11-9-25(10-12-26)18-6-4-17(23)5-7-18/h3-8,13-14H,9-12H2,1-2H3. The highest BCUT2D eigenvalue weighted by atomic mass is 35.5. The van der Waals surface area contributed by atoms with E-state index in [0.717, 1.165) is 51.5 Å². The molecular formula is C22H22ClN3O. The fraction of sp³-hybridized carbons (Fsp3) is 0.273. The molecule has 2 heterocycles. The second kappa shape index (κ2) is 7.20. The number of fused-ring (bicyclic) bond motifs is 1. The molecular weight excluding hydrogens is 358 g/mol. The van der Waals surface area contributed by atoms with Gasteiger partial charge in [-0.25, -0.2) is 0 Å². The van der Waals surface area contributed by atoms with E-state index in [0.29, 0.717) is 13.1 Å². The number of hydrogen-bond acceptors (Lipinski definition) is 3. The molecule has 4 rings (SSSR count). The van der Waals surface area contributed by atoms with Crippen molar-refractivity contribution >= 4 is 34.1 Å². The molecule has 0 atom stereocenters. The number of rotatable bonds is 2. The highest BCUT2D eigenvalue weighted by Crippen LogP contribution is 2.24. The molecule has 1 saturated heterocycles. The van der Waals surface area contributed by atoms with E-state index >= 15 is 0 Å².